The van der Waals surface area contributed by atoms with Gasteiger partial charge in [-0.1, -0.05) is 0 Å². The first-order chi connectivity index (χ1) is 10.1. The van der Waals surface area contributed by atoms with E-state index in [1.165, 1.54) is 11.1 Å². The molecule has 0 unspecified atom stereocenters. The molecule has 1 radical (unpaired) electrons. The van der Waals surface area contributed by atoms with Crippen LogP contribution in [0.25, 0.3) is 11.1 Å². The molecule has 123 valence electrons. The van der Waals surface area contributed by atoms with Gasteiger partial charge in [0.2, 0.25) is 0 Å². The van der Waals surface area contributed by atoms with Crippen molar-refractivity contribution in [3.05, 3.63) is 44.5 Å². The molecule has 2 N–H and O–H groups in total. The second-order valence-corrected chi connectivity index (χ2v) is 6.45. The average molecular weight is 349 g/mol. The monoisotopic (exact) mass is 349 g/mol. The molecule has 3 heteroatoms. The molecule has 23 heavy (non-hydrogen) atoms. The van der Waals surface area contributed by atoms with Gasteiger partial charge in [-0.05, 0) is 99.9 Å². The molecule has 2 rings (SSSR count). The van der Waals surface area contributed by atoms with Crippen molar-refractivity contribution in [1.29, 1.82) is 0 Å². The van der Waals surface area contributed by atoms with Crippen LogP contribution in [0, 0.1) is 55.4 Å². The van der Waals surface area contributed by atoms with Gasteiger partial charge in [0.1, 0.15) is 11.5 Å². The normalized spacial score (nSPS) is 10.6. The van der Waals surface area contributed by atoms with Crippen LogP contribution in [0.3, 0.4) is 0 Å². The zero-order valence-electron chi connectivity index (χ0n) is 15.3. The molecule has 0 saturated heterocycles. The molecule has 0 aliphatic carbocycles. The van der Waals surface area contributed by atoms with E-state index in [-0.39, 0.29) is 30.1 Å². The summed E-state index contributed by atoms with van der Waals surface area (Å²) in [4.78, 5) is 0. The Labute approximate surface area is 151 Å². The van der Waals surface area contributed by atoms with Gasteiger partial charge in [-0.2, -0.15) is 0 Å². The van der Waals surface area contributed by atoms with Crippen molar-refractivity contribution >= 4 is 0 Å². The fourth-order valence-electron chi connectivity index (χ4n) is 3.20. The molecular weight excluding hydrogens is 323 g/mol. The second kappa shape index (κ2) is 6.63. The molecule has 0 heterocycles. The number of rotatable bonds is 1. The van der Waals surface area contributed by atoms with Crippen LogP contribution < -0.4 is 0 Å². The summed E-state index contributed by atoms with van der Waals surface area (Å²) in [5, 5.41) is 21.5. The molecular formula is C20H26O2V. The molecule has 0 aliphatic heterocycles. The summed E-state index contributed by atoms with van der Waals surface area (Å²) >= 11 is 0. The minimum atomic E-state index is 0. The Morgan fingerprint density at radius 1 is 0.391 bits per heavy atom. The summed E-state index contributed by atoms with van der Waals surface area (Å²) in [6.45, 7) is 16.1. The molecule has 0 fully saturated rings. The fourth-order valence-corrected chi connectivity index (χ4v) is 3.20. The Hall–Kier alpha value is -1.38. The van der Waals surface area contributed by atoms with E-state index in [9.17, 15) is 10.2 Å². The molecule has 0 bridgehead atoms. The first-order valence-electron chi connectivity index (χ1n) is 7.70. The Kier molecular flexibility index (Phi) is 5.67. The number of phenolic OH excluding ortho intramolecular Hbond substituents is 2. The van der Waals surface area contributed by atoms with E-state index in [0.717, 1.165) is 44.5 Å². The molecule has 2 aromatic rings. The van der Waals surface area contributed by atoms with E-state index in [4.69, 9.17) is 0 Å². The van der Waals surface area contributed by atoms with Gasteiger partial charge in [0, 0.05) is 29.7 Å². The summed E-state index contributed by atoms with van der Waals surface area (Å²) in [6, 6.07) is 0. The summed E-state index contributed by atoms with van der Waals surface area (Å²) in [7, 11) is 0. The standard InChI is InChI=1S/C20H26O2.V/c1-9-11(3)15(7)19(21)17(13(9)5)18-14(6)10(2)12(4)16(8)20(18)22;/h21-22H,1-8H3;. The molecule has 0 spiro atoms. The molecule has 0 aliphatic rings. The topological polar surface area (TPSA) is 40.5 Å². The third kappa shape index (κ3) is 2.79. The molecule has 2 nitrogen and oxygen atoms in total. The molecule has 0 atom stereocenters. The Morgan fingerprint density at radius 2 is 0.609 bits per heavy atom. The average Bonchev–Trinajstić information content (AvgIpc) is 2.50. The van der Waals surface area contributed by atoms with Crippen molar-refractivity contribution in [2.75, 3.05) is 0 Å². The van der Waals surface area contributed by atoms with E-state index < -0.39 is 0 Å². The minimum absolute atomic E-state index is 0. The quantitative estimate of drug-likeness (QED) is 0.740. The van der Waals surface area contributed by atoms with Gasteiger partial charge in [0.05, 0.1) is 0 Å². The van der Waals surface area contributed by atoms with E-state index in [1.54, 1.807) is 0 Å². The summed E-state index contributed by atoms with van der Waals surface area (Å²) in [6.07, 6.45) is 0. The zero-order valence-corrected chi connectivity index (χ0v) is 16.7. The smallest absolute Gasteiger partial charge is 0.127 e. The summed E-state index contributed by atoms with van der Waals surface area (Å²) < 4.78 is 0. The number of benzene rings is 2. The van der Waals surface area contributed by atoms with Crippen LogP contribution in [0.5, 0.6) is 11.5 Å². The van der Waals surface area contributed by atoms with Crippen molar-refractivity contribution in [3.8, 4) is 22.6 Å². The number of hydrogen-bond acceptors (Lipinski definition) is 2. The van der Waals surface area contributed by atoms with Gasteiger partial charge in [-0.25, -0.2) is 0 Å². The van der Waals surface area contributed by atoms with E-state index in [0.29, 0.717) is 0 Å². The second-order valence-electron chi connectivity index (χ2n) is 6.45. The van der Waals surface area contributed by atoms with E-state index in [1.807, 2.05) is 41.5 Å². The van der Waals surface area contributed by atoms with Crippen LogP contribution in [-0.4, -0.2) is 10.2 Å². The van der Waals surface area contributed by atoms with Gasteiger partial charge in [-0.15, -0.1) is 0 Å². The summed E-state index contributed by atoms with van der Waals surface area (Å²) in [5.74, 6) is 0.559. The molecule has 2 aromatic carbocycles. The van der Waals surface area contributed by atoms with Crippen molar-refractivity contribution in [2.45, 2.75) is 55.4 Å². The van der Waals surface area contributed by atoms with Gasteiger partial charge in [-0.3, -0.25) is 0 Å². The van der Waals surface area contributed by atoms with E-state index in [2.05, 4.69) is 13.8 Å². The van der Waals surface area contributed by atoms with Crippen LogP contribution in [0.4, 0.5) is 0 Å². The van der Waals surface area contributed by atoms with Crippen molar-refractivity contribution in [3.63, 3.8) is 0 Å². The van der Waals surface area contributed by atoms with Crippen LogP contribution in [0.1, 0.15) is 44.5 Å². The van der Waals surface area contributed by atoms with Crippen LogP contribution in [-0.2, 0) is 18.6 Å². The maximum absolute atomic E-state index is 10.7. The van der Waals surface area contributed by atoms with Crippen LogP contribution >= 0.6 is 0 Å². The van der Waals surface area contributed by atoms with Crippen molar-refractivity contribution in [2.24, 2.45) is 0 Å². The van der Waals surface area contributed by atoms with E-state index >= 15 is 0 Å². The molecule has 0 amide bonds. The van der Waals surface area contributed by atoms with Crippen molar-refractivity contribution in [1.82, 2.24) is 0 Å². The van der Waals surface area contributed by atoms with Gasteiger partial charge in [0.15, 0.2) is 0 Å². The molecule has 0 aromatic heterocycles. The Balaban J connectivity index is 0.00000264. The SMILES string of the molecule is Cc1c(C)c(C)c(-c2c(C)c(C)c(C)c(C)c2O)c(O)c1C.[V]. The largest absolute Gasteiger partial charge is 0.507 e. The maximum atomic E-state index is 10.7. The van der Waals surface area contributed by atoms with Crippen molar-refractivity contribution < 1.29 is 28.8 Å². The zero-order chi connectivity index (χ0) is 16.9. The van der Waals surface area contributed by atoms with Gasteiger partial charge < -0.3 is 10.2 Å². The third-order valence-electron chi connectivity index (χ3n) is 5.56. The van der Waals surface area contributed by atoms with Crippen LogP contribution in [0.2, 0.25) is 0 Å². The number of phenols is 2. The Morgan fingerprint density at radius 3 is 0.870 bits per heavy atom. The predicted molar refractivity (Wildman–Crippen MR) is 93.1 cm³/mol. The fraction of sp³-hybridized carbons (Fsp3) is 0.400. The summed E-state index contributed by atoms with van der Waals surface area (Å²) in [5.41, 5.74) is 9.90. The number of hydrogen-bond donors (Lipinski definition) is 2. The number of aromatic hydroxyl groups is 2. The van der Waals surface area contributed by atoms with Gasteiger partial charge >= 0.3 is 0 Å². The molecule has 0 saturated carbocycles. The van der Waals surface area contributed by atoms with Gasteiger partial charge in [0.25, 0.3) is 0 Å². The maximum Gasteiger partial charge on any atom is 0.127 e. The first-order valence-corrected chi connectivity index (χ1v) is 7.70. The Bertz CT molecular complexity index is 664. The third-order valence-corrected chi connectivity index (χ3v) is 5.56. The predicted octanol–water partition coefficient (Wildman–Crippen LogP) is 5.23. The first kappa shape index (κ1) is 19.7. The van der Waals surface area contributed by atoms with Crippen LogP contribution in [0.15, 0.2) is 0 Å². The minimum Gasteiger partial charge on any atom is -0.507 e.